The zero-order valence-corrected chi connectivity index (χ0v) is 16.3. The minimum absolute atomic E-state index is 0.119. The molecule has 0 atom stereocenters. The lowest BCUT2D eigenvalue weighted by Gasteiger charge is -2.24. The normalized spacial score (nSPS) is 10.7. The number of carbonyl (C=O) groups excluding carboxylic acids is 1. The Bertz CT molecular complexity index is 1020. The van der Waals surface area contributed by atoms with E-state index < -0.39 is 0 Å². The summed E-state index contributed by atoms with van der Waals surface area (Å²) >= 11 is 5.97. The highest BCUT2D eigenvalue weighted by Crippen LogP contribution is 2.23. The van der Waals surface area contributed by atoms with Crippen LogP contribution in [0.15, 0.2) is 59.4 Å². The molecule has 3 aromatic rings. The Morgan fingerprint density at radius 1 is 0.963 bits per heavy atom. The zero-order chi connectivity index (χ0) is 19.6. The first kappa shape index (κ1) is 18.9. The van der Waals surface area contributed by atoms with E-state index in [4.69, 9.17) is 11.6 Å². The lowest BCUT2D eigenvalue weighted by atomic mass is 10.1. The third kappa shape index (κ3) is 4.47. The molecular formula is C22H21ClN2O2. The van der Waals surface area contributed by atoms with Crippen molar-refractivity contribution in [1.29, 1.82) is 0 Å². The number of anilines is 1. The largest absolute Gasteiger partial charge is 0.326 e. The first-order chi connectivity index (χ1) is 12.8. The van der Waals surface area contributed by atoms with Gasteiger partial charge in [0.2, 0.25) is 0 Å². The van der Waals surface area contributed by atoms with Crippen LogP contribution in [0, 0.1) is 20.8 Å². The van der Waals surface area contributed by atoms with E-state index in [2.05, 4.69) is 4.98 Å². The number of amides is 1. The third-order valence-electron chi connectivity index (χ3n) is 4.30. The van der Waals surface area contributed by atoms with Gasteiger partial charge < -0.3 is 9.88 Å². The van der Waals surface area contributed by atoms with E-state index >= 15 is 0 Å². The van der Waals surface area contributed by atoms with Gasteiger partial charge in [-0.05, 0) is 73.9 Å². The fourth-order valence-corrected chi connectivity index (χ4v) is 3.17. The molecule has 138 valence electrons. The Kier molecular flexibility index (Phi) is 5.47. The van der Waals surface area contributed by atoms with Crippen molar-refractivity contribution in [2.24, 2.45) is 0 Å². The smallest absolute Gasteiger partial charge is 0.264 e. The number of nitrogens with one attached hydrogen (secondary N) is 1. The molecule has 4 nitrogen and oxygen atoms in total. The Balaban J connectivity index is 2.06. The predicted octanol–water partition coefficient (Wildman–Crippen LogP) is 4.80. The molecule has 0 aliphatic heterocycles. The van der Waals surface area contributed by atoms with Crippen molar-refractivity contribution < 1.29 is 4.79 Å². The molecule has 1 amide bonds. The molecule has 0 aliphatic carbocycles. The first-order valence-electron chi connectivity index (χ1n) is 8.68. The molecule has 0 aliphatic rings. The summed E-state index contributed by atoms with van der Waals surface area (Å²) in [5.74, 6) is -0.337. The second kappa shape index (κ2) is 7.80. The standard InChI is InChI=1S/C22H21ClN2O2/c1-14-10-15(2)12-19(11-14)25(13-17-5-7-18(23)8-6-17)22(27)20-9-4-16(3)24-21(20)26/h4-12H,13H2,1-3H3,(H,24,26). The number of hydrogen-bond donors (Lipinski definition) is 1. The summed E-state index contributed by atoms with van der Waals surface area (Å²) in [6.07, 6.45) is 0. The third-order valence-corrected chi connectivity index (χ3v) is 4.55. The number of hydrogen-bond acceptors (Lipinski definition) is 2. The number of halogens is 1. The molecule has 0 bridgehead atoms. The fraction of sp³-hybridized carbons (Fsp3) is 0.182. The van der Waals surface area contributed by atoms with E-state index in [-0.39, 0.29) is 17.0 Å². The van der Waals surface area contributed by atoms with Gasteiger partial charge in [-0.3, -0.25) is 9.59 Å². The number of carbonyl (C=O) groups is 1. The van der Waals surface area contributed by atoms with Gasteiger partial charge in [0.25, 0.3) is 11.5 Å². The topological polar surface area (TPSA) is 53.2 Å². The summed E-state index contributed by atoms with van der Waals surface area (Å²) < 4.78 is 0. The molecule has 0 unspecified atom stereocenters. The predicted molar refractivity (Wildman–Crippen MR) is 110 cm³/mol. The second-order valence-electron chi connectivity index (χ2n) is 6.75. The van der Waals surface area contributed by atoms with Crippen molar-refractivity contribution in [2.45, 2.75) is 27.3 Å². The second-order valence-corrected chi connectivity index (χ2v) is 7.18. The van der Waals surface area contributed by atoms with Crippen molar-refractivity contribution in [2.75, 3.05) is 4.90 Å². The molecule has 0 spiro atoms. The van der Waals surface area contributed by atoms with Gasteiger partial charge in [0.05, 0.1) is 6.54 Å². The van der Waals surface area contributed by atoms with E-state index in [1.165, 1.54) is 0 Å². The number of aromatic amines is 1. The number of aromatic nitrogens is 1. The summed E-state index contributed by atoms with van der Waals surface area (Å²) in [6, 6.07) is 16.6. The van der Waals surface area contributed by atoms with Crippen LogP contribution in [0.5, 0.6) is 0 Å². The average molecular weight is 381 g/mol. The molecule has 2 aromatic carbocycles. The van der Waals surface area contributed by atoms with Gasteiger partial charge in [-0.15, -0.1) is 0 Å². The van der Waals surface area contributed by atoms with Gasteiger partial charge in [0.1, 0.15) is 5.56 Å². The Hall–Kier alpha value is -2.85. The molecule has 5 heteroatoms. The van der Waals surface area contributed by atoms with Gasteiger partial charge in [-0.1, -0.05) is 29.8 Å². The van der Waals surface area contributed by atoms with E-state index in [1.54, 1.807) is 36.1 Å². The molecule has 0 radical (unpaired) electrons. The summed E-state index contributed by atoms with van der Waals surface area (Å²) in [5, 5.41) is 0.637. The lowest BCUT2D eigenvalue weighted by molar-refractivity contribution is 0.0983. The highest BCUT2D eigenvalue weighted by Gasteiger charge is 2.21. The Morgan fingerprint density at radius 3 is 2.19 bits per heavy atom. The van der Waals surface area contributed by atoms with E-state index in [0.29, 0.717) is 17.3 Å². The van der Waals surface area contributed by atoms with Gasteiger partial charge in [-0.25, -0.2) is 0 Å². The number of nitrogens with zero attached hydrogens (tertiary/aromatic N) is 1. The maximum atomic E-state index is 13.3. The van der Waals surface area contributed by atoms with Crippen LogP contribution in [0.3, 0.4) is 0 Å². The summed E-state index contributed by atoms with van der Waals surface area (Å²) in [7, 11) is 0. The van der Waals surface area contributed by atoms with Crippen molar-refractivity contribution in [3.63, 3.8) is 0 Å². The molecule has 0 saturated heterocycles. The average Bonchev–Trinajstić information content (AvgIpc) is 2.60. The van der Waals surface area contributed by atoms with Crippen LogP contribution in [0.2, 0.25) is 5.02 Å². The van der Waals surface area contributed by atoms with E-state index in [9.17, 15) is 9.59 Å². The van der Waals surface area contributed by atoms with E-state index in [1.807, 2.05) is 44.2 Å². The molecule has 3 rings (SSSR count). The minimum Gasteiger partial charge on any atom is -0.326 e. The maximum absolute atomic E-state index is 13.3. The highest BCUT2D eigenvalue weighted by atomic mass is 35.5. The Morgan fingerprint density at radius 2 is 1.59 bits per heavy atom. The van der Waals surface area contributed by atoms with Crippen molar-refractivity contribution in [1.82, 2.24) is 4.98 Å². The monoisotopic (exact) mass is 380 g/mol. The van der Waals surface area contributed by atoms with Crippen LogP contribution in [0.1, 0.15) is 32.7 Å². The van der Waals surface area contributed by atoms with Crippen molar-refractivity contribution in [3.8, 4) is 0 Å². The molecule has 27 heavy (non-hydrogen) atoms. The highest BCUT2D eigenvalue weighted by molar-refractivity contribution is 6.30. The zero-order valence-electron chi connectivity index (χ0n) is 15.5. The van der Waals surface area contributed by atoms with Gasteiger partial charge in [0.15, 0.2) is 0 Å². The number of aryl methyl sites for hydroxylation is 3. The van der Waals surface area contributed by atoms with Gasteiger partial charge in [-0.2, -0.15) is 0 Å². The number of H-pyrrole nitrogens is 1. The van der Waals surface area contributed by atoms with Gasteiger partial charge >= 0.3 is 0 Å². The van der Waals surface area contributed by atoms with Crippen molar-refractivity contribution in [3.05, 3.63) is 97.9 Å². The molecule has 1 N–H and O–H groups in total. The maximum Gasteiger partial charge on any atom is 0.264 e. The number of benzene rings is 2. The lowest BCUT2D eigenvalue weighted by Crippen LogP contribution is -2.34. The summed E-state index contributed by atoms with van der Waals surface area (Å²) in [5.41, 5.74) is 4.24. The van der Waals surface area contributed by atoms with Crippen LogP contribution in [0.25, 0.3) is 0 Å². The fourth-order valence-electron chi connectivity index (χ4n) is 3.05. The van der Waals surface area contributed by atoms with Crippen LogP contribution in [-0.2, 0) is 6.54 Å². The quantitative estimate of drug-likeness (QED) is 0.706. The molecule has 1 aromatic heterocycles. The summed E-state index contributed by atoms with van der Waals surface area (Å²) in [6.45, 7) is 6.09. The van der Waals surface area contributed by atoms with Crippen molar-refractivity contribution >= 4 is 23.2 Å². The van der Waals surface area contributed by atoms with Gasteiger partial charge in [0, 0.05) is 16.4 Å². The van der Waals surface area contributed by atoms with Crippen LogP contribution in [-0.4, -0.2) is 10.9 Å². The SMILES string of the molecule is Cc1cc(C)cc(N(Cc2ccc(Cl)cc2)C(=O)c2ccc(C)[nH]c2=O)c1. The van der Waals surface area contributed by atoms with Crippen LogP contribution >= 0.6 is 11.6 Å². The van der Waals surface area contributed by atoms with Crippen LogP contribution in [0.4, 0.5) is 5.69 Å². The molecule has 0 fully saturated rings. The van der Waals surface area contributed by atoms with Crippen LogP contribution < -0.4 is 10.5 Å². The number of pyridine rings is 1. The molecular weight excluding hydrogens is 360 g/mol. The summed E-state index contributed by atoms with van der Waals surface area (Å²) in [4.78, 5) is 29.9. The van der Waals surface area contributed by atoms with E-state index in [0.717, 1.165) is 22.4 Å². The minimum atomic E-state index is -0.384. The Labute approximate surface area is 163 Å². The molecule has 1 heterocycles. The molecule has 0 saturated carbocycles. The first-order valence-corrected chi connectivity index (χ1v) is 9.06. The number of rotatable bonds is 4.